The summed E-state index contributed by atoms with van der Waals surface area (Å²) in [5.41, 5.74) is -0.807. The maximum atomic E-state index is 12.6. The number of alkyl halides is 3. The molecular formula is C25H31F3N2O2S. The topological polar surface area (TPSA) is 24.9 Å². The van der Waals surface area contributed by atoms with Crippen LogP contribution >= 0.6 is 11.8 Å². The van der Waals surface area contributed by atoms with Crippen molar-refractivity contribution in [2.24, 2.45) is 0 Å². The summed E-state index contributed by atoms with van der Waals surface area (Å²) in [6.45, 7) is 8.10. The number of rotatable bonds is 7. The van der Waals surface area contributed by atoms with Crippen LogP contribution in [0.25, 0.3) is 0 Å². The number of thioether (sulfide) groups is 1. The predicted molar refractivity (Wildman–Crippen MR) is 125 cm³/mol. The van der Waals surface area contributed by atoms with Gasteiger partial charge in [0.2, 0.25) is 0 Å². The van der Waals surface area contributed by atoms with Crippen molar-refractivity contribution < 1.29 is 22.6 Å². The van der Waals surface area contributed by atoms with Crippen molar-refractivity contribution in [3.63, 3.8) is 0 Å². The molecule has 0 spiro atoms. The third-order valence-electron chi connectivity index (χ3n) is 6.30. The lowest BCUT2D eigenvalue weighted by Gasteiger charge is -2.33. The van der Waals surface area contributed by atoms with E-state index in [0.717, 1.165) is 57.1 Å². The lowest BCUT2D eigenvalue weighted by atomic mass is 9.85. The Bertz CT molecular complexity index is 923. The highest BCUT2D eigenvalue weighted by molar-refractivity contribution is 8.00. The molecule has 0 N–H and O–H groups in total. The first kappa shape index (κ1) is 24.4. The van der Waals surface area contributed by atoms with Gasteiger partial charge in [0.15, 0.2) is 0 Å². The van der Waals surface area contributed by atoms with E-state index in [2.05, 4.69) is 35.9 Å². The molecule has 2 aliphatic rings. The number of likely N-dealkylation sites (N-methyl/N-ethyl adjacent to an activating group) is 1. The molecule has 1 unspecified atom stereocenters. The summed E-state index contributed by atoms with van der Waals surface area (Å²) < 4.78 is 49.5. The molecule has 33 heavy (non-hydrogen) atoms. The molecule has 0 aliphatic carbocycles. The summed E-state index contributed by atoms with van der Waals surface area (Å²) in [5.74, 6) is 0.996. The maximum Gasteiger partial charge on any atom is 0.446 e. The fourth-order valence-electron chi connectivity index (χ4n) is 4.65. The van der Waals surface area contributed by atoms with Gasteiger partial charge in [-0.1, -0.05) is 18.2 Å². The van der Waals surface area contributed by atoms with Crippen molar-refractivity contribution in [3.05, 3.63) is 59.2 Å². The zero-order chi connectivity index (χ0) is 23.4. The van der Waals surface area contributed by atoms with Gasteiger partial charge in [-0.25, -0.2) is 0 Å². The molecule has 8 heteroatoms. The quantitative estimate of drug-likeness (QED) is 0.392. The molecule has 1 saturated heterocycles. The van der Waals surface area contributed by atoms with E-state index in [4.69, 9.17) is 9.47 Å². The average molecular weight is 481 g/mol. The van der Waals surface area contributed by atoms with E-state index in [9.17, 15) is 13.2 Å². The second kappa shape index (κ2) is 10.7. The van der Waals surface area contributed by atoms with Gasteiger partial charge in [-0.2, -0.15) is 13.2 Å². The van der Waals surface area contributed by atoms with Gasteiger partial charge in [-0.15, -0.1) is 0 Å². The number of ether oxygens (including phenoxy) is 2. The molecule has 0 amide bonds. The Labute approximate surface area is 198 Å². The predicted octanol–water partition coefficient (Wildman–Crippen LogP) is 5.37. The third kappa shape index (κ3) is 6.66. The minimum atomic E-state index is -4.27. The van der Waals surface area contributed by atoms with Crippen molar-refractivity contribution >= 4 is 11.8 Å². The number of nitrogens with zero attached hydrogens (tertiary/aromatic N) is 2. The van der Waals surface area contributed by atoms with Gasteiger partial charge in [0, 0.05) is 43.0 Å². The van der Waals surface area contributed by atoms with Crippen LogP contribution in [0.2, 0.25) is 0 Å². The molecular weight excluding hydrogens is 449 g/mol. The highest BCUT2D eigenvalue weighted by Crippen LogP contribution is 2.39. The molecule has 2 heterocycles. The summed E-state index contributed by atoms with van der Waals surface area (Å²) in [4.78, 5) is 4.90. The summed E-state index contributed by atoms with van der Waals surface area (Å²) in [6.07, 6.45) is 0.965. The van der Waals surface area contributed by atoms with E-state index < -0.39 is 5.51 Å². The van der Waals surface area contributed by atoms with Crippen LogP contribution in [0.3, 0.4) is 0 Å². The van der Waals surface area contributed by atoms with Crippen molar-refractivity contribution in [2.75, 3.05) is 46.5 Å². The molecule has 0 saturated carbocycles. The Morgan fingerprint density at radius 2 is 1.94 bits per heavy atom. The molecule has 0 bridgehead atoms. The fraction of sp³-hybridized carbons (Fsp3) is 0.520. The summed E-state index contributed by atoms with van der Waals surface area (Å²) in [5, 5.41) is 0. The van der Waals surface area contributed by atoms with Crippen LogP contribution in [0.15, 0.2) is 47.4 Å². The molecule has 4 rings (SSSR count). The van der Waals surface area contributed by atoms with Gasteiger partial charge >= 0.3 is 5.51 Å². The Kier molecular flexibility index (Phi) is 7.89. The Morgan fingerprint density at radius 1 is 1.15 bits per heavy atom. The fourth-order valence-corrected chi connectivity index (χ4v) is 5.19. The molecule has 0 aromatic heterocycles. The SMILES string of the molecule is C[C@H]1COCCN1CCCOc1ccc2c(c1)CN(C)CC2c1ccc(SC(F)(F)F)cc1. The van der Waals surface area contributed by atoms with Crippen LogP contribution in [0.5, 0.6) is 5.75 Å². The molecule has 2 aromatic carbocycles. The highest BCUT2D eigenvalue weighted by atomic mass is 32.2. The van der Waals surface area contributed by atoms with Crippen LogP contribution in [0.1, 0.15) is 36.0 Å². The van der Waals surface area contributed by atoms with Gasteiger partial charge in [0.05, 0.1) is 19.8 Å². The lowest BCUT2D eigenvalue weighted by molar-refractivity contribution is -0.0328. The van der Waals surface area contributed by atoms with Crippen molar-refractivity contribution in [3.8, 4) is 5.75 Å². The van der Waals surface area contributed by atoms with Gasteiger partial charge in [-0.05, 0) is 73.1 Å². The first-order valence-corrected chi connectivity index (χ1v) is 12.2. The second-order valence-corrected chi connectivity index (χ2v) is 10.0. The molecule has 1 fully saturated rings. The third-order valence-corrected chi connectivity index (χ3v) is 7.04. The van der Waals surface area contributed by atoms with Crippen LogP contribution in [-0.4, -0.2) is 67.9 Å². The zero-order valence-corrected chi connectivity index (χ0v) is 19.9. The summed E-state index contributed by atoms with van der Waals surface area (Å²) >= 11 is -0.0735. The summed E-state index contributed by atoms with van der Waals surface area (Å²) in [6, 6.07) is 13.5. The van der Waals surface area contributed by atoms with E-state index in [-0.39, 0.29) is 22.6 Å². The smallest absolute Gasteiger partial charge is 0.446 e. The molecule has 2 aliphatic heterocycles. The van der Waals surface area contributed by atoms with Crippen LogP contribution in [0, 0.1) is 0 Å². The van der Waals surface area contributed by atoms with E-state index in [1.165, 1.54) is 11.1 Å². The van der Waals surface area contributed by atoms with E-state index in [1.54, 1.807) is 12.1 Å². The van der Waals surface area contributed by atoms with Crippen LogP contribution < -0.4 is 4.74 Å². The van der Waals surface area contributed by atoms with Crippen LogP contribution in [-0.2, 0) is 11.3 Å². The number of hydrogen-bond acceptors (Lipinski definition) is 5. The summed E-state index contributed by atoms with van der Waals surface area (Å²) in [7, 11) is 2.07. The van der Waals surface area contributed by atoms with Gasteiger partial charge in [0.25, 0.3) is 0 Å². The highest BCUT2D eigenvalue weighted by Gasteiger charge is 2.30. The first-order chi connectivity index (χ1) is 15.8. The molecule has 4 nitrogen and oxygen atoms in total. The Balaban J connectivity index is 1.38. The van der Waals surface area contributed by atoms with E-state index in [0.29, 0.717) is 12.6 Å². The first-order valence-electron chi connectivity index (χ1n) is 11.4. The number of hydrogen-bond donors (Lipinski definition) is 0. The monoisotopic (exact) mass is 480 g/mol. The normalized spacial score (nSPS) is 22.2. The zero-order valence-electron chi connectivity index (χ0n) is 19.1. The van der Waals surface area contributed by atoms with Crippen molar-refractivity contribution in [2.45, 2.75) is 42.3 Å². The average Bonchev–Trinajstić information content (AvgIpc) is 2.76. The van der Waals surface area contributed by atoms with Crippen LogP contribution in [0.4, 0.5) is 13.2 Å². The number of morpholine rings is 1. The van der Waals surface area contributed by atoms with E-state index >= 15 is 0 Å². The molecule has 2 aromatic rings. The van der Waals surface area contributed by atoms with Gasteiger partial charge in [0.1, 0.15) is 5.75 Å². The standard InChI is InChI=1S/C25H31F3N2O2S/c1-18-17-31-13-11-30(18)10-3-12-32-21-6-9-23-20(14-21)15-29(2)16-24(23)19-4-7-22(8-5-19)33-25(26,27)28/h4-9,14,18,24H,3,10-13,15-17H2,1-2H3/t18-,24?/m0/s1. The largest absolute Gasteiger partial charge is 0.494 e. The van der Waals surface area contributed by atoms with E-state index in [1.807, 2.05) is 18.2 Å². The molecule has 180 valence electrons. The number of fused-ring (bicyclic) bond motifs is 1. The number of halogens is 3. The Morgan fingerprint density at radius 3 is 2.67 bits per heavy atom. The Hall–Kier alpha value is -1.74. The van der Waals surface area contributed by atoms with Crippen molar-refractivity contribution in [1.82, 2.24) is 9.80 Å². The molecule has 0 radical (unpaired) electrons. The molecule has 2 atom stereocenters. The van der Waals surface area contributed by atoms with Crippen molar-refractivity contribution in [1.29, 1.82) is 0 Å². The van der Waals surface area contributed by atoms with Gasteiger partial charge < -0.3 is 14.4 Å². The minimum absolute atomic E-state index is 0.0735. The second-order valence-electron chi connectivity index (χ2n) is 8.89. The minimum Gasteiger partial charge on any atom is -0.494 e. The van der Waals surface area contributed by atoms with Gasteiger partial charge in [-0.3, -0.25) is 4.90 Å². The maximum absolute atomic E-state index is 12.6. The number of benzene rings is 2. The lowest BCUT2D eigenvalue weighted by Crippen LogP contribution is -2.44.